The van der Waals surface area contributed by atoms with Crippen molar-refractivity contribution in [3.63, 3.8) is 0 Å². The highest BCUT2D eigenvalue weighted by Gasteiger charge is 2.28. The van der Waals surface area contributed by atoms with E-state index in [1.54, 1.807) is 6.92 Å². The number of carbonyl (C=O) groups excluding carboxylic acids is 2. The highest BCUT2D eigenvalue weighted by atomic mass is 32.2. The van der Waals surface area contributed by atoms with Crippen LogP contribution in [0.1, 0.15) is 49.3 Å². The van der Waals surface area contributed by atoms with Crippen LogP contribution in [-0.4, -0.2) is 36.3 Å². The van der Waals surface area contributed by atoms with E-state index < -0.39 is 22.0 Å². The topological polar surface area (TPSA) is 127 Å². The average Bonchev–Trinajstić information content (AvgIpc) is 2.66. The maximum atomic E-state index is 12.6. The number of hydrogen-bond acceptors (Lipinski definition) is 7. The zero-order valence-electron chi connectivity index (χ0n) is 15.6. The van der Waals surface area contributed by atoms with Crippen LogP contribution in [0, 0.1) is 0 Å². The van der Waals surface area contributed by atoms with Crippen molar-refractivity contribution in [2.45, 2.75) is 44.1 Å². The molecule has 28 heavy (non-hydrogen) atoms. The molecule has 2 heterocycles. The number of ether oxygens (including phenoxy) is 1. The number of sulfonamides is 1. The summed E-state index contributed by atoms with van der Waals surface area (Å²) in [6.07, 6.45) is 2.42. The molecule has 0 spiro atoms. The highest BCUT2D eigenvalue weighted by molar-refractivity contribution is 7.90. The molecule has 0 radical (unpaired) electrons. The van der Waals surface area contributed by atoms with Crippen molar-refractivity contribution in [2.24, 2.45) is 0 Å². The summed E-state index contributed by atoms with van der Waals surface area (Å²) in [7, 11) is -4.17. The number of nitrogens with one attached hydrogen (secondary N) is 2. The highest BCUT2D eigenvalue weighted by Crippen LogP contribution is 2.32. The fourth-order valence-electron chi connectivity index (χ4n) is 2.56. The summed E-state index contributed by atoms with van der Waals surface area (Å²) in [5, 5.41) is 2.61. The quantitative estimate of drug-likeness (QED) is 0.778. The van der Waals surface area contributed by atoms with Crippen LogP contribution >= 0.6 is 0 Å². The van der Waals surface area contributed by atoms with E-state index in [9.17, 15) is 18.0 Å². The molecule has 0 aliphatic carbocycles. The lowest BCUT2D eigenvalue weighted by Gasteiger charge is -2.25. The summed E-state index contributed by atoms with van der Waals surface area (Å²) in [4.78, 5) is 32.1. The molecule has 1 unspecified atom stereocenters. The molecule has 0 fully saturated rings. The van der Waals surface area contributed by atoms with Crippen LogP contribution in [0.25, 0.3) is 0 Å². The van der Waals surface area contributed by atoms with Gasteiger partial charge in [0.2, 0.25) is 0 Å². The molecule has 1 aromatic heterocycles. The molecule has 148 valence electrons. The molecule has 0 saturated heterocycles. The summed E-state index contributed by atoms with van der Waals surface area (Å²) >= 11 is 0. The SMILES string of the molecule is CCC1Oc2ccc(S(=O)(=O)NC(=O)c3cnc(C(C)C)nc3)cc2NC1=O. The largest absolute Gasteiger partial charge is 0.478 e. The first kappa shape index (κ1) is 19.7. The fourth-order valence-corrected chi connectivity index (χ4v) is 3.56. The van der Waals surface area contributed by atoms with Gasteiger partial charge in [-0.3, -0.25) is 9.59 Å². The monoisotopic (exact) mass is 404 g/mol. The molecule has 10 heteroatoms. The first-order chi connectivity index (χ1) is 13.2. The van der Waals surface area contributed by atoms with E-state index >= 15 is 0 Å². The number of benzene rings is 1. The zero-order valence-corrected chi connectivity index (χ0v) is 16.4. The van der Waals surface area contributed by atoms with Crippen LogP contribution in [0.4, 0.5) is 5.69 Å². The van der Waals surface area contributed by atoms with Gasteiger partial charge in [0, 0.05) is 18.3 Å². The predicted octanol–water partition coefficient (Wildman–Crippen LogP) is 1.83. The third-order valence-corrected chi connectivity index (χ3v) is 5.46. The third kappa shape index (κ3) is 3.96. The van der Waals surface area contributed by atoms with Gasteiger partial charge in [0.15, 0.2) is 6.10 Å². The van der Waals surface area contributed by atoms with Crippen LogP contribution in [0.5, 0.6) is 5.75 Å². The van der Waals surface area contributed by atoms with Gasteiger partial charge in [0.25, 0.3) is 21.8 Å². The number of hydrogen-bond donors (Lipinski definition) is 2. The Balaban J connectivity index is 1.80. The molecule has 1 atom stereocenters. The summed E-state index contributed by atoms with van der Waals surface area (Å²) in [6, 6.07) is 3.99. The van der Waals surface area contributed by atoms with Gasteiger partial charge in [0.05, 0.1) is 16.1 Å². The Kier molecular flexibility index (Phi) is 5.32. The number of carbonyl (C=O) groups is 2. The normalized spacial score (nSPS) is 16.1. The second kappa shape index (κ2) is 7.55. The van der Waals surface area contributed by atoms with E-state index in [0.29, 0.717) is 18.0 Å². The number of aromatic nitrogens is 2. The first-order valence-corrected chi connectivity index (χ1v) is 10.2. The second-order valence-electron chi connectivity index (χ2n) is 6.58. The number of nitrogens with zero attached hydrogens (tertiary/aromatic N) is 2. The second-order valence-corrected chi connectivity index (χ2v) is 8.26. The van der Waals surface area contributed by atoms with Crippen LogP contribution in [-0.2, 0) is 14.8 Å². The molecule has 0 bridgehead atoms. The summed E-state index contributed by atoms with van der Waals surface area (Å²) in [6.45, 7) is 5.61. The summed E-state index contributed by atoms with van der Waals surface area (Å²) < 4.78 is 32.6. The van der Waals surface area contributed by atoms with Gasteiger partial charge in [-0.1, -0.05) is 20.8 Å². The fraction of sp³-hybridized carbons (Fsp3) is 0.333. The van der Waals surface area contributed by atoms with E-state index in [1.807, 2.05) is 18.6 Å². The van der Waals surface area contributed by atoms with Gasteiger partial charge in [-0.15, -0.1) is 0 Å². The van der Waals surface area contributed by atoms with E-state index in [4.69, 9.17) is 4.74 Å². The Bertz CT molecular complexity index is 1020. The van der Waals surface area contributed by atoms with Crippen molar-refractivity contribution < 1.29 is 22.7 Å². The maximum Gasteiger partial charge on any atom is 0.268 e. The predicted molar refractivity (Wildman–Crippen MR) is 101 cm³/mol. The zero-order chi connectivity index (χ0) is 20.5. The van der Waals surface area contributed by atoms with Crippen molar-refractivity contribution in [3.05, 3.63) is 42.0 Å². The van der Waals surface area contributed by atoms with Gasteiger partial charge in [-0.2, -0.15) is 0 Å². The van der Waals surface area contributed by atoms with Gasteiger partial charge < -0.3 is 10.1 Å². The number of anilines is 1. The molecule has 9 nitrogen and oxygen atoms in total. The number of fused-ring (bicyclic) bond motifs is 1. The Hall–Kier alpha value is -3.01. The Morgan fingerprint density at radius 1 is 1.29 bits per heavy atom. The minimum absolute atomic E-state index is 0.0216. The third-order valence-electron chi connectivity index (χ3n) is 4.13. The minimum atomic E-state index is -4.17. The first-order valence-electron chi connectivity index (χ1n) is 8.72. The van der Waals surface area contributed by atoms with Gasteiger partial charge in [0.1, 0.15) is 11.6 Å². The van der Waals surface area contributed by atoms with Gasteiger partial charge in [-0.05, 0) is 24.6 Å². The van der Waals surface area contributed by atoms with Crippen molar-refractivity contribution in [1.82, 2.24) is 14.7 Å². The molecular weight excluding hydrogens is 384 g/mol. The minimum Gasteiger partial charge on any atom is -0.478 e. The molecule has 1 aromatic carbocycles. The molecule has 2 amide bonds. The van der Waals surface area contributed by atoms with Crippen molar-refractivity contribution in [1.29, 1.82) is 0 Å². The summed E-state index contributed by atoms with van der Waals surface area (Å²) in [5.74, 6) is -0.193. The van der Waals surface area contributed by atoms with Crippen molar-refractivity contribution >= 4 is 27.5 Å². The molecule has 2 aromatic rings. The van der Waals surface area contributed by atoms with Crippen LogP contribution in [0.15, 0.2) is 35.5 Å². The van der Waals surface area contributed by atoms with E-state index in [2.05, 4.69) is 15.3 Å². The average molecular weight is 404 g/mol. The number of amides is 2. The van der Waals surface area contributed by atoms with Gasteiger partial charge >= 0.3 is 0 Å². The van der Waals surface area contributed by atoms with Crippen molar-refractivity contribution in [2.75, 3.05) is 5.32 Å². The van der Waals surface area contributed by atoms with E-state index in [-0.39, 0.29) is 28.0 Å². The lowest BCUT2D eigenvalue weighted by molar-refractivity contribution is -0.123. The molecule has 3 rings (SSSR count). The molecule has 2 N–H and O–H groups in total. The molecule has 0 saturated carbocycles. The van der Waals surface area contributed by atoms with Gasteiger partial charge in [-0.25, -0.2) is 23.1 Å². The van der Waals surface area contributed by atoms with Crippen LogP contribution in [0.2, 0.25) is 0 Å². The van der Waals surface area contributed by atoms with E-state index in [0.717, 1.165) is 0 Å². The molecule has 1 aliphatic rings. The van der Waals surface area contributed by atoms with Crippen LogP contribution < -0.4 is 14.8 Å². The Morgan fingerprint density at radius 3 is 2.57 bits per heavy atom. The smallest absolute Gasteiger partial charge is 0.268 e. The Morgan fingerprint density at radius 2 is 1.96 bits per heavy atom. The number of rotatable bonds is 5. The molecule has 1 aliphatic heterocycles. The van der Waals surface area contributed by atoms with Crippen molar-refractivity contribution in [3.8, 4) is 5.75 Å². The summed E-state index contributed by atoms with van der Waals surface area (Å²) in [5.41, 5.74) is 0.253. The maximum absolute atomic E-state index is 12.6. The lowest BCUT2D eigenvalue weighted by atomic mass is 10.2. The lowest BCUT2D eigenvalue weighted by Crippen LogP contribution is -2.36. The standard InChI is InChI=1S/C18H20N4O5S/c1-4-14-18(24)21-13-7-12(5-6-15(13)27-14)28(25,26)22-17(23)11-8-19-16(10(2)3)20-9-11/h5-10,14H,4H2,1-3H3,(H,21,24)(H,22,23). The van der Waals surface area contributed by atoms with Crippen LogP contribution in [0.3, 0.4) is 0 Å². The molecular formula is C18H20N4O5S. The van der Waals surface area contributed by atoms with E-state index in [1.165, 1.54) is 30.6 Å². The Labute approximate surface area is 162 Å².